The van der Waals surface area contributed by atoms with Crippen molar-refractivity contribution in [3.8, 4) is 11.5 Å². The minimum atomic E-state index is -3.40. The quantitative estimate of drug-likeness (QED) is 0.698. The molecule has 0 saturated heterocycles. The van der Waals surface area contributed by atoms with E-state index in [1.165, 1.54) is 18.2 Å². The smallest absolute Gasteiger partial charge is 0.238 e. The van der Waals surface area contributed by atoms with Gasteiger partial charge in [0.1, 0.15) is 11.5 Å². The van der Waals surface area contributed by atoms with Crippen molar-refractivity contribution >= 4 is 33.0 Å². The molecule has 9 heteroatoms. The first-order chi connectivity index (χ1) is 13.1. The summed E-state index contributed by atoms with van der Waals surface area (Å²) >= 11 is 6.07. The second-order valence-corrected chi connectivity index (χ2v) is 8.73. The predicted octanol–water partition coefficient (Wildman–Crippen LogP) is 2.83. The summed E-state index contributed by atoms with van der Waals surface area (Å²) in [5.41, 5.74) is 1.15. The second kappa shape index (κ2) is 9.27. The van der Waals surface area contributed by atoms with Crippen molar-refractivity contribution < 1.29 is 22.7 Å². The minimum absolute atomic E-state index is 0.0780. The Bertz CT molecular complexity index is 963. The average Bonchev–Trinajstić information content (AvgIpc) is 2.62. The predicted molar refractivity (Wildman–Crippen MR) is 109 cm³/mol. The summed E-state index contributed by atoms with van der Waals surface area (Å²) in [6, 6.07) is 9.66. The maximum Gasteiger partial charge on any atom is 0.238 e. The number of carbonyl (C=O) groups is 1. The largest absolute Gasteiger partial charge is 0.497 e. The Balaban J connectivity index is 2.06. The van der Waals surface area contributed by atoms with Gasteiger partial charge >= 0.3 is 0 Å². The number of nitrogens with one attached hydrogen (secondary N) is 1. The Morgan fingerprint density at radius 3 is 2.46 bits per heavy atom. The van der Waals surface area contributed by atoms with Crippen molar-refractivity contribution in [2.75, 3.05) is 39.4 Å². The molecule has 0 atom stereocenters. The Morgan fingerprint density at radius 1 is 1.14 bits per heavy atom. The molecule has 0 aromatic heterocycles. The monoisotopic (exact) mass is 426 g/mol. The highest BCUT2D eigenvalue weighted by molar-refractivity contribution is 7.90. The van der Waals surface area contributed by atoms with Crippen molar-refractivity contribution in [1.82, 2.24) is 4.90 Å². The highest BCUT2D eigenvalue weighted by Crippen LogP contribution is 2.26. The molecule has 1 amide bonds. The third-order valence-electron chi connectivity index (χ3n) is 3.99. The van der Waals surface area contributed by atoms with Gasteiger partial charge in [-0.3, -0.25) is 9.69 Å². The van der Waals surface area contributed by atoms with Crippen LogP contribution in [0.1, 0.15) is 5.56 Å². The fourth-order valence-corrected chi connectivity index (χ4v) is 3.41. The number of halogens is 1. The molecule has 1 N–H and O–H groups in total. The molecular formula is C19H23ClN2O5S. The van der Waals surface area contributed by atoms with Crippen molar-refractivity contribution in [2.45, 2.75) is 11.4 Å². The number of nitrogens with zero attached hydrogens (tertiary/aromatic N) is 1. The highest BCUT2D eigenvalue weighted by atomic mass is 35.5. The molecule has 7 nitrogen and oxygen atoms in total. The third kappa shape index (κ3) is 5.85. The SMILES string of the molecule is COc1ccc(CN(C)CC(=O)Nc2cc(S(C)(=O)=O)ccc2Cl)c(OC)c1. The van der Waals surface area contributed by atoms with E-state index in [1.807, 2.05) is 12.1 Å². The highest BCUT2D eigenvalue weighted by Gasteiger charge is 2.15. The van der Waals surface area contributed by atoms with Gasteiger partial charge in [-0.05, 0) is 31.3 Å². The molecule has 0 bridgehead atoms. The van der Waals surface area contributed by atoms with Crippen LogP contribution in [0.25, 0.3) is 0 Å². The van der Waals surface area contributed by atoms with Gasteiger partial charge in [0, 0.05) is 24.4 Å². The number of rotatable bonds is 8. The molecule has 2 aromatic rings. The van der Waals surface area contributed by atoms with E-state index in [9.17, 15) is 13.2 Å². The number of likely N-dealkylation sites (N-methyl/N-ethyl adjacent to an activating group) is 1. The molecule has 2 aromatic carbocycles. The lowest BCUT2D eigenvalue weighted by atomic mass is 10.2. The van der Waals surface area contributed by atoms with Crippen molar-refractivity contribution in [1.29, 1.82) is 0 Å². The van der Waals surface area contributed by atoms with Gasteiger partial charge < -0.3 is 14.8 Å². The topological polar surface area (TPSA) is 84.9 Å². The molecule has 0 fully saturated rings. The molecule has 0 aliphatic carbocycles. The van der Waals surface area contributed by atoms with Crippen LogP contribution in [0.5, 0.6) is 11.5 Å². The molecule has 152 valence electrons. The molecule has 0 heterocycles. The average molecular weight is 427 g/mol. The number of anilines is 1. The van der Waals surface area contributed by atoms with E-state index >= 15 is 0 Å². The lowest BCUT2D eigenvalue weighted by molar-refractivity contribution is -0.117. The molecule has 0 unspecified atom stereocenters. The van der Waals surface area contributed by atoms with Gasteiger partial charge in [-0.2, -0.15) is 0 Å². The zero-order valence-electron chi connectivity index (χ0n) is 16.2. The first-order valence-electron chi connectivity index (χ1n) is 8.33. The second-order valence-electron chi connectivity index (χ2n) is 6.31. The summed E-state index contributed by atoms with van der Waals surface area (Å²) in [5.74, 6) is 1.03. The molecule has 0 saturated carbocycles. The lowest BCUT2D eigenvalue weighted by Gasteiger charge is -2.19. The Hall–Kier alpha value is -2.29. The normalized spacial score (nSPS) is 11.4. The summed E-state index contributed by atoms with van der Waals surface area (Å²) in [7, 11) is 1.54. The molecule has 28 heavy (non-hydrogen) atoms. The third-order valence-corrected chi connectivity index (χ3v) is 5.43. The van der Waals surface area contributed by atoms with Gasteiger partial charge in [-0.15, -0.1) is 0 Å². The van der Waals surface area contributed by atoms with E-state index in [-0.39, 0.29) is 28.1 Å². The van der Waals surface area contributed by atoms with Crippen LogP contribution in [0.4, 0.5) is 5.69 Å². The van der Waals surface area contributed by atoms with Crippen molar-refractivity contribution in [2.24, 2.45) is 0 Å². The zero-order valence-corrected chi connectivity index (χ0v) is 17.7. The van der Waals surface area contributed by atoms with Crippen LogP contribution in [-0.2, 0) is 21.2 Å². The van der Waals surface area contributed by atoms with Gasteiger partial charge in [0.05, 0.1) is 36.4 Å². The fraction of sp³-hybridized carbons (Fsp3) is 0.316. The van der Waals surface area contributed by atoms with Gasteiger partial charge in [0.2, 0.25) is 5.91 Å². The van der Waals surface area contributed by atoms with Gasteiger partial charge in [0.25, 0.3) is 0 Å². The number of hydrogen-bond donors (Lipinski definition) is 1. The number of amides is 1. The maximum atomic E-state index is 12.4. The van der Waals surface area contributed by atoms with Gasteiger partial charge in [-0.25, -0.2) is 8.42 Å². The summed E-state index contributed by atoms with van der Waals surface area (Å²) < 4.78 is 33.9. The zero-order chi connectivity index (χ0) is 20.9. The van der Waals surface area contributed by atoms with Crippen LogP contribution in [0, 0.1) is 0 Å². The van der Waals surface area contributed by atoms with Gasteiger partial charge in [-0.1, -0.05) is 17.7 Å². The lowest BCUT2D eigenvalue weighted by Crippen LogP contribution is -2.30. The van der Waals surface area contributed by atoms with Crippen LogP contribution in [0.3, 0.4) is 0 Å². The molecule has 2 rings (SSSR count). The molecule has 0 spiro atoms. The van der Waals surface area contributed by atoms with Crippen molar-refractivity contribution in [3.05, 3.63) is 47.0 Å². The van der Waals surface area contributed by atoms with Crippen LogP contribution in [0.2, 0.25) is 5.02 Å². The van der Waals surface area contributed by atoms with Crippen molar-refractivity contribution in [3.63, 3.8) is 0 Å². The first kappa shape index (κ1) is 22.0. The van der Waals surface area contributed by atoms with E-state index in [0.29, 0.717) is 18.0 Å². The molecule has 0 aliphatic heterocycles. The van der Waals surface area contributed by atoms with Crippen LogP contribution in [-0.4, -0.2) is 53.3 Å². The number of hydrogen-bond acceptors (Lipinski definition) is 6. The summed E-state index contributed by atoms with van der Waals surface area (Å²) in [6.07, 6.45) is 1.10. The first-order valence-corrected chi connectivity index (χ1v) is 10.6. The standard InChI is InChI=1S/C19H23ClN2O5S/c1-22(11-13-5-6-14(26-2)9-18(13)27-3)12-19(23)21-17-10-15(28(4,24)25)7-8-16(17)20/h5-10H,11-12H2,1-4H3,(H,21,23). The van der Waals surface area contributed by atoms with E-state index in [4.69, 9.17) is 21.1 Å². The number of benzene rings is 2. The molecule has 0 aliphatic rings. The van der Waals surface area contributed by atoms with Crippen LogP contribution in [0.15, 0.2) is 41.3 Å². The number of sulfone groups is 1. The van der Waals surface area contributed by atoms with Crippen LogP contribution < -0.4 is 14.8 Å². The Morgan fingerprint density at radius 2 is 1.86 bits per heavy atom. The summed E-state index contributed by atoms with van der Waals surface area (Å²) in [4.78, 5) is 14.3. The van der Waals surface area contributed by atoms with E-state index in [2.05, 4.69) is 5.32 Å². The van der Waals surface area contributed by atoms with E-state index in [0.717, 1.165) is 11.8 Å². The van der Waals surface area contributed by atoms with Gasteiger partial charge in [0.15, 0.2) is 9.84 Å². The number of ether oxygens (including phenoxy) is 2. The summed E-state index contributed by atoms with van der Waals surface area (Å²) in [5, 5.41) is 2.92. The van der Waals surface area contributed by atoms with E-state index < -0.39 is 9.84 Å². The number of methoxy groups -OCH3 is 2. The summed E-state index contributed by atoms with van der Waals surface area (Å²) in [6.45, 7) is 0.548. The fourth-order valence-electron chi connectivity index (χ4n) is 2.59. The maximum absolute atomic E-state index is 12.4. The number of carbonyl (C=O) groups excluding carboxylic acids is 1. The van der Waals surface area contributed by atoms with E-state index in [1.54, 1.807) is 32.2 Å². The molecule has 0 radical (unpaired) electrons. The Kier molecular flexibility index (Phi) is 7.29. The Labute approximate surface area is 170 Å². The molecular weight excluding hydrogens is 404 g/mol. The minimum Gasteiger partial charge on any atom is -0.497 e. The van der Waals surface area contributed by atoms with Crippen LogP contribution >= 0.6 is 11.6 Å².